The third kappa shape index (κ3) is 6.17. The molecular formula is C27H27N3O5. The van der Waals surface area contributed by atoms with Gasteiger partial charge in [0.2, 0.25) is 11.8 Å². The van der Waals surface area contributed by atoms with E-state index in [9.17, 15) is 14.4 Å². The summed E-state index contributed by atoms with van der Waals surface area (Å²) in [6.07, 6.45) is -0.0719. The largest absolute Gasteiger partial charge is 0.488 e. The first-order chi connectivity index (χ1) is 16.9. The molecule has 2 atom stereocenters. The number of hydrogen-bond acceptors (Lipinski definition) is 5. The Morgan fingerprint density at radius 1 is 0.943 bits per heavy atom. The van der Waals surface area contributed by atoms with E-state index in [1.165, 1.54) is 4.90 Å². The minimum Gasteiger partial charge on any atom is -0.488 e. The highest BCUT2D eigenvalue weighted by Crippen LogP contribution is 2.24. The Labute approximate surface area is 203 Å². The summed E-state index contributed by atoms with van der Waals surface area (Å²) in [6, 6.07) is 22.7. The van der Waals surface area contributed by atoms with Crippen LogP contribution >= 0.6 is 0 Å². The van der Waals surface area contributed by atoms with Gasteiger partial charge in [0.15, 0.2) is 0 Å². The molecule has 180 valence electrons. The molecule has 0 saturated carbocycles. The summed E-state index contributed by atoms with van der Waals surface area (Å²) in [5.74, 6) is 0.530. The molecule has 8 heteroatoms. The predicted molar refractivity (Wildman–Crippen MR) is 130 cm³/mol. The topological polar surface area (TPSA) is 111 Å². The van der Waals surface area contributed by atoms with Gasteiger partial charge >= 0.3 is 0 Å². The molecule has 3 aromatic carbocycles. The van der Waals surface area contributed by atoms with Crippen LogP contribution in [-0.4, -0.2) is 47.9 Å². The third-order valence-corrected chi connectivity index (χ3v) is 5.70. The second-order valence-corrected chi connectivity index (χ2v) is 8.38. The van der Waals surface area contributed by atoms with Crippen molar-refractivity contribution in [2.24, 2.45) is 5.73 Å². The first kappa shape index (κ1) is 23.8. The van der Waals surface area contributed by atoms with E-state index in [4.69, 9.17) is 15.2 Å². The fraction of sp³-hybridized carbons (Fsp3) is 0.222. The van der Waals surface area contributed by atoms with Crippen LogP contribution in [-0.2, 0) is 9.59 Å². The number of carbonyl (C=O) groups is 3. The maximum atomic E-state index is 12.8. The quantitative estimate of drug-likeness (QED) is 0.522. The smallest absolute Gasteiger partial charge is 0.251 e. The van der Waals surface area contributed by atoms with Crippen molar-refractivity contribution in [1.29, 1.82) is 0 Å². The molecule has 0 bridgehead atoms. The van der Waals surface area contributed by atoms with Crippen LogP contribution in [0.15, 0.2) is 78.9 Å². The number of benzene rings is 3. The lowest BCUT2D eigenvalue weighted by atomic mass is 10.2. The summed E-state index contributed by atoms with van der Waals surface area (Å²) in [5.41, 5.74) is 6.96. The van der Waals surface area contributed by atoms with Crippen molar-refractivity contribution in [3.63, 3.8) is 0 Å². The molecule has 3 aromatic rings. The van der Waals surface area contributed by atoms with Gasteiger partial charge in [-0.25, -0.2) is 0 Å². The molecule has 1 heterocycles. The van der Waals surface area contributed by atoms with E-state index in [1.807, 2.05) is 61.5 Å². The van der Waals surface area contributed by atoms with Crippen molar-refractivity contribution < 1.29 is 23.9 Å². The number of nitrogens with two attached hydrogens (primary N) is 1. The lowest BCUT2D eigenvalue weighted by Gasteiger charge is -2.22. The zero-order chi connectivity index (χ0) is 24.8. The van der Waals surface area contributed by atoms with E-state index in [0.717, 1.165) is 5.56 Å². The summed E-state index contributed by atoms with van der Waals surface area (Å²) in [7, 11) is 0. The van der Waals surface area contributed by atoms with E-state index >= 15 is 0 Å². The van der Waals surface area contributed by atoms with E-state index in [-0.39, 0.29) is 19.2 Å². The monoisotopic (exact) mass is 473 g/mol. The average molecular weight is 474 g/mol. The van der Waals surface area contributed by atoms with Gasteiger partial charge in [0, 0.05) is 12.0 Å². The minimum absolute atomic E-state index is 0.210. The number of primary amides is 1. The van der Waals surface area contributed by atoms with E-state index in [2.05, 4.69) is 5.32 Å². The summed E-state index contributed by atoms with van der Waals surface area (Å²) in [4.78, 5) is 38.7. The molecule has 1 fully saturated rings. The molecule has 1 saturated heterocycles. The fourth-order valence-electron chi connectivity index (χ4n) is 3.97. The lowest BCUT2D eigenvalue weighted by molar-refractivity contribution is -0.136. The SMILES string of the molecule is Cc1cccc(OC2CC(C(N)=O)N(C(=O)CNC(=O)c3ccc(Oc4ccccc4)cc3)C2)c1. The number of likely N-dealkylation sites (tertiary alicyclic amines) is 1. The van der Waals surface area contributed by atoms with Gasteiger partial charge in [-0.05, 0) is 61.0 Å². The summed E-state index contributed by atoms with van der Waals surface area (Å²) >= 11 is 0. The van der Waals surface area contributed by atoms with E-state index in [1.54, 1.807) is 24.3 Å². The Bertz CT molecular complexity index is 1200. The molecule has 35 heavy (non-hydrogen) atoms. The predicted octanol–water partition coefficient (Wildman–Crippen LogP) is 3.05. The number of hydrogen-bond donors (Lipinski definition) is 2. The first-order valence-corrected chi connectivity index (χ1v) is 11.3. The van der Waals surface area contributed by atoms with Gasteiger partial charge in [0.1, 0.15) is 29.4 Å². The van der Waals surface area contributed by atoms with Gasteiger partial charge in [0.25, 0.3) is 5.91 Å². The zero-order valence-corrected chi connectivity index (χ0v) is 19.3. The number of ether oxygens (including phenoxy) is 2. The highest BCUT2D eigenvalue weighted by molar-refractivity contribution is 5.97. The fourth-order valence-corrected chi connectivity index (χ4v) is 3.97. The van der Waals surface area contributed by atoms with Crippen LogP contribution in [0.1, 0.15) is 22.3 Å². The molecule has 8 nitrogen and oxygen atoms in total. The second-order valence-electron chi connectivity index (χ2n) is 8.38. The molecule has 4 rings (SSSR count). The van der Waals surface area contributed by atoms with Crippen LogP contribution in [0.25, 0.3) is 0 Å². The average Bonchev–Trinajstić information content (AvgIpc) is 3.28. The van der Waals surface area contributed by atoms with E-state index in [0.29, 0.717) is 29.2 Å². The van der Waals surface area contributed by atoms with Crippen LogP contribution in [0.4, 0.5) is 0 Å². The molecule has 0 radical (unpaired) electrons. The molecule has 3 amide bonds. The lowest BCUT2D eigenvalue weighted by Crippen LogP contribution is -2.47. The molecule has 0 aliphatic carbocycles. The van der Waals surface area contributed by atoms with Crippen LogP contribution in [0.5, 0.6) is 17.2 Å². The summed E-state index contributed by atoms with van der Waals surface area (Å²) < 4.78 is 11.7. The highest BCUT2D eigenvalue weighted by Gasteiger charge is 2.39. The molecular weight excluding hydrogens is 446 g/mol. The van der Waals surface area contributed by atoms with Gasteiger partial charge in [0.05, 0.1) is 13.1 Å². The normalized spacial score (nSPS) is 17.0. The number of rotatable bonds is 8. The molecule has 0 spiro atoms. The van der Waals surface area contributed by atoms with Crippen molar-refractivity contribution in [2.45, 2.75) is 25.5 Å². The minimum atomic E-state index is -0.788. The van der Waals surface area contributed by atoms with Crippen molar-refractivity contribution in [1.82, 2.24) is 10.2 Å². The maximum absolute atomic E-state index is 12.8. The Morgan fingerprint density at radius 2 is 1.63 bits per heavy atom. The van der Waals surface area contributed by atoms with Gasteiger partial charge in [-0.2, -0.15) is 0 Å². The van der Waals surface area contributed by atoms with E-state index < -0.39 is 23.8 Å². The number of nitrogens with one attached hydrogen (secondary N) is 1. The summed E-state index contributed by atoms with van der Waals surface area (Å²) in [6.45, 7) is 1.90. The number of aryl methyl sites for hydroxylation is 1. The van der Waals surface area contributed by atoms with Gasteiger partial charge < -0.3 is 25.4 Å². The second kappa shape index (κ2) is 10.7. The number of para-hydroxylation sites is 1. The molecule has 1 aliphatic heterocycles. The Kier molecular flexibility index (Phi) is 7.30. The van der Waals surface area contributed by atoms with Gasteiger partial charge in [-0.15, -0.1) is 0 Å². The molecule has 0 aromatic heterocycles. The number of nitrogens with zero attached hydrogens (tertiary/aromatic N) is 1. The van der Waals surface area contributed by atoms with Crippen molar-refractivity contribution >= 4 is 17.7 Å². The van der Waals surface area contributed by atoms with Crippen LogP contribution in [0, 0.1) is 6.92 Å². The Hall–Kier alpha value is -4.33. The van der Waals surface area contributed by atoms with Gasteiger partial charge in [-0.3, -0.25) is 14.4 Å². The Morgan fingerprint density at radius 3 is 2.31 bits per heavy atom. The number of carbonyl (C=O) groups excluding carboxylic acids is 3. The van der Waals surface area contributed by atoms with Gasteiger partial charge in [-0.1, -0.05) is 30.3 Å². The van der Waals surface area contributed by atoms with Crippen molar-refractivity contribution in [2.75, 3.05) is 13.1 Å². The van der Waals surface area contributed by atoms with Crippen LogP contribution in [0.2, 0.25) is 0 Å². The first-order valence-electron chi connectivity index (χ1n) is 11.3. The highest BCUT2D eigenvalue weighted by atomic mass is 16.5. The zero-order valence-electron chi connectivity index (χ0n) is 19.3. The maximum Gasteiger partial charge on any atom is 0.251 e. The molecule has 1 aliphatic rings. The van der Waals surface area contributed by atoms with Crippen molar-refractivity contribution in [3.05, 3.63) is 90.0 Å². The van der Waals surface area contributed by atoms with Crippen LogP contribution in [0.3, 0.4) is 0 Å². The summed E-state index contributed by atoms with van der Waals surface area (Å²) in [5, 5.41) is 2.61. The third-order valence-electron chi connectivity index (χ3n) is 5.70. The standard InChI is InChI=1S/C27H27N3O5/c1-18-6-5-9-22(14-18)35-23-15-24(26(28)32)30(17-23)25(31)16-29-27(33)19-10-12-21(13-11-19)34-20-7-3-2-4-8-20/h2-14,23-24H,15-17H2,1H3,(H2,28,32)(H,29,33). The Balaban J connectivity index is 1.32. The van der Waals surface area contributed by atoms with Crippen LogP contribution < -0.4 is 20.5 Å². The van der Waals surface area contributed by atoms with Crippen molar-refractivity contribution in [3.8, 4) is 17.2 Å². The molecule has 3 N–H and O–H groups in total. The number of amides is 3. The molecule has 2 unspecified atom stereocenters.